The fourth-order valence-corrected chi connectivity index (χ4v) is 17.0. The Kier molecular flexibility index (Phi) is 12.6. The van der Waals surface area contributed by atoms with Crippen molar-refractivity contribution in [3.05, 3.63) is 53.6 Å². The molecule has 4 bridgehead atoms. The van der Waals surface area contributed by atoms with Gasteiger partial charge in [-0.1, -0.05) is 59.6 Å². The van der Waals surface area contributed by atoms with Crippen LogP contribution < -0.4 is 14.4 Å². The highest BCUT2D eigenvalue weighted by Crippen LogP contribution is 2.49. The molecule has 4 saturated heterocycles. The first-order valence-electron chi connectivity index (χ1n) is 24.1. The van der Waals surface area contributed by atoms with E-state index in [0.717, 1.165) is 57.2 Å². The van der Waals surface area contributed by atoms with Crippen LogP contribution >= 0.6 is 0 Å². The lowest BCUT2D eigenvalue weighted by Crippen LogP contribution is -2.57. The summed E-state index contributed by atoms with van der Waals surface area (Å²) in [6, 6.07) is 10.8. The van der Waals surface area contributed by atoms with Gasteiger partial charge in [0.05, 0.1) is 37.0 Å². The van der Waals surface area contributed by atoms with Crippen molar-refractivity contribution in [1.29, 1.82) is 0 Å². The Balaban J connectivity index is 1.17. The smallest absolute Gasteiger partial charge is 0.410 e. The van der Waals surface area contributed by atoms with Crippen molar-refractivity contribution < 1.29 is 37.3 Å². The van der Waals surface area contributed by atoms with Gasteiger partial charge >= 0.3 is 12.1 Å². The quantitative estimate of drug-likeness (QED) is 0.0732. The molecule has 2 unspecified atom stereocenters. The average Bonchev–Trinajstić information content (AvgIpc) is 3.53. The van der Waals surface area contributed by atoms with E-state index in [1.807, 2.05) is 54.8 Å². The lowest BCUT2D eigenvalue weighted by molar-refractivity contribution is 0.0122. The fourth-order valence-electron chi connectivity index (χ4n) is 11.8. The van der Waals surface area contributed by atoms with Crippen LogP contribution in [0, 0.1) is 28.5 Å². The monoisotopic (exact) mass is 923 g/mol. The van der Waals surface area contributed by atoms with Crippen LogP contribution in [0.15, 0.2) is 36.4 Å². The minimum absolute atomic E-state index is 0.0411. The second-order valence-electron chi connectivity index (χ2n) is 21.6. The number of hydrogen-bond acceptors (Lipinski definition) is 10. The molecule has 354 valence electrons. The van der Waals surface area contributed by atoms with Crippen molar-refractivity contribution in [2.24, 2.45) is 5.41 Å². The van der Waals surface area contributed by atoms with Crippen molar-refractivity contribution in [2.45, 2.75) is 141 Å². The Bertz CT molecular complexity index is 2530. The van der Waals surface area contributed by atoms with E-state index in [4.69, 9.17) is 33.7 Å². The first-order chi connectivity index (χ1) is 31.4. The highest BCUT2D eigenvalue weighted by atomic mass is 28.3. The molecular formula is C52H67F2N5O6Si. The summed E-state index contributed by atoms with van der Waals surface area (Å²) in [5.74, 6) is 2.78. The number of likely N-dealkylation sites (tertiary alicyclic amines) is 1. The minimum atomic E-state index is -2.19. The number of nitrogens with zero attached hydrogens (tertiary/aromatic N) is 5. The van der Waals surface area contributed by atoms with Gasteiger partial charge in [-0.05, 0) is 99.2 Å². The third kappa shape index (κ3) is 8.74. The van der Waals surface area contributed by atoms with E-state index in [1.165, 1.54) is 13.2 Å². The highest BCUT2D eigenvalue weighted by molar-refractivity contribution is 6.90. The molecule has 0 spiro atoms. The number of amides is 1. The zero-order chi connectivity index (χ0) is 46.9. The molecule has 1 amide bonds. The Labute approximate surface area is 389 Å². The van der Waals surface area contributed by atoms with E-state index in [1.54, 1.807) is 6.07 Å². The molecule has 14 heteroatoms. The van der Waals surface area contributed by atoms with E-state index in [0.29, 0.717) is 76.5 Å². The fraction of sp³-hybridized carbons (Fsp3) is 0.596. The average molecular weight is 924 g/mol. The van der Waals surface area contributed by atoms with Crippen LogP contribution in [0.3, 0.4) is 0 Å². The summed E-state index contributed by atoms with van der Waals surface area (Å²) in [6.45, 7) is 22.9. The number of hydrogen-bond donors (Lipinski definition) is 0. The number of methoxy groups -OCH3 is 1. The lowest BCUT2D eigenvalue weighted by atomic mass is 9.93. The largest absolute Gasteiger partial charge is 0.468 e. The third-order valence-electron chi connectivity index (χ3n) is 15.1. The number of piperazine rings is 1. The Morgan fingerprint density at radius 3 is 2.27 bits per heavy atom. The molecule has 66 heavy (non-hydrogen) atoms. The number of rotatable bonds is 13. The summed E-state index contributed by atoms with van der Waals surface area (Å²) in [5, 5.41) is 1.59. The van der Waals surface area contributed by atoms with Gasteiger partial charge in [0, 0.05) is 66.6 Å². The van der Waals surface area contributed by atoms with Gasteiger partial charge in [0.1, 0.15) is 36.6 Å². The molecule has 1 saturated carbocycles. The van der Waals surface area contributed by atoms with Gasteiger partial charge in [-0.2, -0.15) is 9.97 Å². The van der Waals surface area contributed by atoms with Gasteiger partial charge < -0.3 is 28.6 Å². The first-order valence-corrected chi connectivity index (χ1v) is 26.3. The summed E-state index contributed by atoms with van der Waals surface area (Å²) in [7, 11) is -0.661. The number of carbonyl (C=O) groups is 1. The van der Waals surface area contributed by atoms with Gasteiger partial charge in [-0.3, -0.25) is 9.80 Å². The number of carbonyl (C=O) groups excluding carboxylic acids is 1. The predicted molar refractivity (Wildman–Crippen MR) is 257 cm³/mol. The molecule has 0 radical (unpaired) electrons. The van der Waals surface area contributed by atoms with Crippen LogP contribution in [-0.4, -0.2) is 117 Å². The molecule has 3 aromatic carbocycles. The van der Waals surface area contributed by atoms with E-state index in [9.17, 15) is 4.79 Å². The normalized spacial score (nSPS) is 22.5. The lowest BCUT2D eigenvalue weighted by Gasteiger charge is -2.42. The number of morpholine rings is 1. The molecule has 5 heterocycles. The first kappa shape index (κ1) is 46.6. The number of aromatic nitrogens is 2. The third-order valence-corrected chi connectivity index (χ3v) is 21.4. The molecule has 4 aromatic rings. The van der Waals surface area contributed by atoms with E-state index in [2.05, 4.69) is 57.9 Å². The number of ether oxygens (including phenoxy) is 5. The van der Waals surface area contributed by atoms with Crippen molar-refractivity contribution in [2.75, 3.05) is 58.2 Å². The van der Waals surface area contributed by atoms with E-state index in [-0.39, 0.29) is 52.9 Å². The van der Waals surface area contributed by atoms with E-state index < -0.39 is 25.3 Å². The molecule has 0 N–H and O–H groups in total. The summed E-state index contributed by atoms with van der Waals surface area (Å²) >= 11 is 0. The molecule has 1 aromatic heterocycles. The maximum Gasteiger partial charge on any atom is 0.410 e. The SMILES string of the molecule is COCOc1cc(-c2c(F)cc3c(N4CC5CCC(C4)N5C(=O)OC(C)(C)C)nc(OCC4(CN5C[C@H]6C[C@@H]5CO6)CC4)nc3c2F)c2c(C#C[Si](C(C)C)(C(C)C)C(C)C)cccc2c1. The molecular weight excluding hydrogens is 857 g/mol. The number of anilines is 1. The minimum Gasteiger partial charge on any atom is -0.468 e. The molecule has 5 aliphatic rings. The maximum atomic E-state index is 18.0. The van der Waals surface area contributed by atoms with Crippen LogP contribution in [0.5, 0.6) is 11.8 Å². The summed E-state index contributed by atoms with van der Waals surface area (Å²) in [5.41, 5.74) is 5.03. The zero-order valence-corrected chi connectivity index (χ0v) is 41.4. The molecule has 9 rings (SSSR count). The van der Waals surface area contributed by atoms with Crippen LogP contribution in [-0.2, 0) is 14.2 Å². The van der Waals surface area contributed by atoms with Crippen LogP contribution in [0.1, 0.15) is 100.0 Å². The zero-order valence-electron chi connectivity index (χ0n) is 40.4. The van der Waals surface area contributed by atoms with Gasteiger partial charge in [-0.25, -0.2) is 13.6 Å². The topological polar surface area (TPSA) is 98.7 Å². The van der Waals surface area contributed by atoms with Crippen molar-refractivity contribution in [1.82, 2.24) is 19.8 Å². The van der Waals surface area contributed by atoms with Crippen LogP contribution in [0.4, 0.5) is 19.4 Å². The molecule has 11 nitrogen and oxygen atoms in total. The van der Waals surface area contributed by atoms with Crippen LogP contribution in [0.25, 0.3) is 32.8 Å². The second-order valence-corrected chi connectivity index (χ2v) is 27.2. The van der Waals surface area contributed by atoms with Crippen LogP contribution in [0.2, 0.25) is 16.6 Å². The molecule has 4 aliphatic heterocycles. The summed E-state index contributed by atoms with van der Waals surface area (Å²) in [6.07, 6.45) is 4.59. The second kappa shape index (κ2) is 17.8. The Hall–Kier alpha value is -4.55. The van der Waals surface area contributed by atoms with Gasteiger partial charge in [0.2, 0.25) is 0 Å². The number of benzene rings is 3. The summed E-state index contributed by atoms with van der Waals surface area (Å²) in [4.78, 5) is 29.7. The van der Waals surface area contributed by atoms with Gasteiger partial charge in [0.15, 0.2) is 12.6 Å². The van der Waals surface area contributed by atoms with Crippen molar-refractivity contribution >= 4 is 41.7 Å². The van der Waals surface area contributed by atoms with E-state index >= 15 is 8.78 Å². The predicted octanol–water partition coefficient (Wildman–Crippen LogP) is 10.5. The van der Waals surface area contributed by atoms with Gasteiger partial charge in [0.25, 0.3) is 0 Å². The summed E-state index contributed by atoms with van der Waals surface area (Å²) < 4.78 is 64.9. The number of halogens is 2. The molecule has 5 fully saturated rings. The standard InChI is InChI=1S/C52H67F2N5O6Si/c1-31(2)66(32(3)4,33(5)6)19-16-34-12-11-13-35-20-39(64-30-61-10)22-41(44(34)35)45-43(53)23-42-47(46(45)54)55-49(63-29-52(17-18-52)28-58-26-40-21-38(58)27-62-40)56-48(42)57-24-36-14-15-37(25-57)59(36)50(60)65-51(7,8)9/h11-13,20,22-23,31-33,36-38,40H,14-15,17-18,21,24-30H2,1-10H3/t36?,37?,38-,40-/m1/s1. The highest BCUT2D eigenvalue weighted by Gasteiger charge is 2.50. The number of fused-ring (bicyclic) bond motifs is 6. The Morgan fingerprint density at radius 1 is 0.955 bits per heavy atom. The maximum absolute atomic E-state index is 18.0. The van der Waals surface area contributed by atoms with Gasteiger partial charge in [-0.15, -0.1) is 5.54 Å². The van der Waals surface area contributed by atoms with Crippen molar-refractivity contribution in [3.63, 3.8) is 0 Å². The molecule has 4 atom stereocenters. The molecule has 1 aliphatic carbocycles. The van der Waals surface area contributed by atoms with Crippen molar-refractivity contribution in [3.8, 4) is 34.4 Å². The Morgan fingerprint density at radius 2 is 1.67 bits per heavy atom.